The molecule has 1 saturated heterocycles. The van der Waals surface area contributed by atoms with Crippen LogP contribution in [0.2, 0.25) is 0 Å². The minimum absolute atomic E-state index is 0. The number of hydrogen-bond donors (Lipinski definition) is 2. The Balaban J connectivity index is 0.00000420. The lowest BCUT2D eigenvalue weighted by molar-refractivity contribution is -0.127. The van der Waals surface area contributed by atoms with Crippen molar-refractivity contribution in [2.45, 2.75) is 32.1 Å². The lowest BCUT2D eigenvalue weighted by Gasteiger charge is -2.42. The summed E-state index contributed by atoms with van der Waals surface area (Å²) in [4.78, 5) is 20.5. The van der Waals surface area contributed by atoms with Crippen LogP contribution in [0.3, 0.4) is 0 Å². The van der Waals surface area contributed by atoms with Crippen LogP contribution in [-0.4, -0.2) is 102 Å². The molecule has 170 valence electrons. The molecule has 1 aliphatic heterocycles. The number of ether oxygens (including phenoxy) is 2. The van der Waals surface area contributed by atoms with Gasteiger partial charge in [0.05, 0.1) is 19.8 Å². The normalized spacial score (nSPS) is 19.9. The summed E-state index contributed by atoms with van der Waals surface area (Å²) in [7, 11) is 5.19. The molecule has 0 bridgehead atoms. The smallest absolute Gasteiger partial charge is 0.243 e. The van der Waals surface area contributed by atoms with E-state index in [-0.39, 0.29) is 41.8 Å². The fraction of sp³-hybridized carbons (Fsp3) is 0.900. The number of hydrogen-bond acceptors (Lipinski definition) is 5. The number of nitrogens with one attached hydrogen (secondary N) is 2. The summed E-state index contributed by atoms with van der Waals surface area (Å²) >= 11 is 0. The molecule has 1 aliphatic carbocycles. The number of amides is 1. The molecule has 9 heteroatoms. The summed E-state index contributed by atoms with van der Waals surface area (Å²) in [5.41, 5.74) is 0.255. The molecule has 29 heavy (non-hydrogen) atoms. The van der Waals surface area contributed by atoms with E-state index >= 15 is 0 Å². The highest BCUT2D eigenvalue weighted by molar-refractivity contribution is 14.0. The zero-order valence-electron chi connectivity index (χ0n) is 18.4. The van der Waals surface area contributed by atoms with Gasteiger partial charge in [-0.05, 0) is 12.8 Å². The van der Waals surface area contributed by atoms with Gasteiger partial charge in [-0.15, -0.1) is 24.0 Å². The fourth-order valence-electron chi connectivity index (χ4n) is 3.93. The molecule has 2 aliphatic rings. The van der Waals surface area contributed by atoms with Crippen molar-refractivity contribution < 1.29 is 14.3 Å². The Morgan fingerprint density at radius 1 is 1.17 bits per heavy atom. The first-order valence-corrected chi connectivity index (χ1v) is 10.6. The average Bonchev–Trinajstić information content (AvgIpc) is 2.71. The molecule has 0 aromatic carbocycles. The summed E-state index contributed by atoms with van der Waals surface area (Å²) in [6, 6.07) is 0. The van der Waals surface area contributed by atoms with Crippen LogP contribution < -0.4 is 10.6 Å². The second-order valence-corrected chi connectivity index (χ2v) is 8.18. The molecule has 1 amide bonds. The summed E-state index contributed by atoms with van der Waals surface area (Å²) in [5.74, 6) is 0.688. The Kier molecular flexibility index (Phi) is 13.1. The Morgan fingerprint density at radius 2 is 1.86 bits per heavy atom. The molecule has 0 radical (unpaired) electrons. The van der Waals surface area contributed by atoms with Gasteiger partial charge in [0.1, 0.15) is 6.54 Å². The first-order chi connectivity index (χ1) is 13.5. The summed E-state index contributed by atoms with van der Waals surface area (Å²) in [5, 5.41) is 6.81. The van der Waals surface area contributed by atoms with Crippen molar-refractivity contribution in [1.82, 2.24) is 20.4 Å². The van der Waals surface area contributed by atoms with Gasteiger partial charge in [-0.3, -0.25) is 9.69 Å². The molecule has 2 N–H and O–H groups in total. The quantitative estimate of drug-likeness (QED) is 0.204. The molecule has 1 saturated carbocycles. The van der Waals surface area contributed by atoms with Gasteiger partial charge in [0.15, 0.2) is 5.96 Å². The van der Waals surface area contributed by atoms with Gasteiger partial charge >= 0.3 is 0 Å². The summed E-state index contributed by atoms with van der Waals surface area (Å²) < 4.78 is 10.6. The van der Waals surface area contributed by atoms with Gasteiger partial charge in [-0.25, -0.2) is 4.99 Å². The number of rotatable bonds is 9. The van der Waals surface area contributed by atoms with Gasteiger partial charge in [-0.1, -0.05) is 19.3 Å². The van der Waals surface area contributed by atoms with Crippen molar-refractivity contribution in [3.8, 4) is 0 Å². The average molecular weight is 525 g/mol. The van der Waals surface area contributed by atoms with Gasteiger partial charge in [0, 0.05) is 59.3 Å². The number of nitrogens with zero attached hydrogens (tertiary/aromatic N) is 3. The predicted molar refractivity (Wildman–Crippen MR) is 127 cm³/mol. The lowest BCUT2D eigenvalue weighted by atomic mass is 9.73. The predicted octanol–water partition coefficient (Wildman–Crippen LogP) is 1.16. The monoisotopic (exact) mass is 525 g/mol. The largest absolute Gasteiger partial charge is 0.383 e. The Morgan fingerprint density at radius 3 is 2.48 bits per heavy atom. The van der Waals surface area contributed by atoms with E-state index in [1.54, 1.807) is 26.1 Å². The number of carbonyl (C=O) groups is 1. The molecule has 1 heterocycles. The highest BCUT2D eigenvalue weighted by Crippen LogP contribution is 2.36. The lowest BCUT2D eigenvalue weighted by Crippen LogP contribution is -2.51. The van der Waals surface area contributed by atoms with Crippen LogP contribution in [-0.2, 0) is 14.3 Å². The summed E-state index contributed by atoms with van der Waals surface area (Å²) in [6.45, 7) is 7.09. The second kappa shape index (κ2) is 14.4. The van der Waals surface area contributed by atoms with E-state index in [1.165, 1.54) is 32.1 Å². The van der Waals surface area contributed by atoms with Crippen LogP contribution in [0.4, 0.5) is 0 Å². The van der Waals surface area contributed by atoms with Gasteiger partial charge in [-0.2, -0.15) is 0 Å². The van der Waals surface area contributed by atoms with Crippen LogP contribution in [0.1, 0.15) is 32.1 Å². The van der Waals surface area contributed by atoms with Crippen LogP contribution in [0.15, 0.2) is 4.99 Å². The van der Waals surface area contributed by atoms with Crippen molar-refractivity contribution in [3.05, 3.63) is 0 Å². The third kappa shape index (κ3) is 9.80. The number of guanidine groups is 1. The molecule has 0 atom stereocenters. The topological polar surface area (TPSA) is 78.4 Å². The Labute approximate surface area is 193 Å². The molecule has 2 rings (SSSR count). The molecule has 0 aromatic heterocycles. The van der Waals surface area contributed by atoms with E-state index in [9.17, 15) is 4.79 Å². The molecule has 0 unspecified atom stereocenters. The number of aliphatic imine (C=N–C) groups is 1. The number of morpholine rings is 1. The van der Waals surface area contributed by atoms with Crippen molar-refractivity contribution in [3.63, 3.8) is 0 Å². The zero-order chi connectivity index (χ0) is 20.2. The number of methoxy groups -OCH3 is 1. The highest BCUT2D eigenvalue weighted by Gasteiger charge is 2.34. The first kappa shape index (κ1) is 26.4. The maximum absolute atomic E-state index is 11.9. The molecule has 2 fully saturated rings. The Bertz CT molecular complexity index is 493. The summed E-state index contributed by atoms with van der Waals surface area (Å²) in [6.07, 6.45) is 6.37. The molecule has 0 aromatic rings. The van der Waals surface area contributed by atoms with Crippen LogP contribution in [0.5, 0.6) is 0 Å². The van der Waals surface area contributed by atoms with E-state index in [0.717, 1.165) is 39.4 Å². The maximum Gasteiger partial charge on any atom is 0.243 e. The molecular weight excluding hydrogens is 485 g/mol. The molecule has 8 nitrogen and oxygen atoms in total. The SMILES string of the molecule is COCCNC(=NCC(=O)N(C)C)NCC1(CN2CCOCC2)CCCCC1.I. The van der Waals surface area contributed by atoms with Gasteiger partial charge in [0.2, 0.25) is 5.91 Å². The van der Waals surface area contributed by atoms with Crippen LogP contribution in [0.25, 0.3) is 0 Å². The van der Waals surface area contributed by atoms with Crippen LogP contribution >= 0.6 is 24.0 Å². The molecule has 0 spiro atoms. The van der Waals surface area contributed by atoms with Gasteiger partial charge < -0.3 is 25.0 Å². The second-order valence-electron chi connectivity index (χ2n) is 8.18. The zero-order valence-corrected chi connectivity index (χ0v) is 20.7. The number of halogens is 1. The Hall–Kier alpha value is -0.650. The highest BCUT2D eigenvalue weighted by atomic mass is 127. The third-order valence-corrected chi connectivity index (χ3v) is 5.68. The number of likely N-dealkylation sites (N-methyl/N-ethyl adjacent to an activating group) is 1. The third-order valence-electron chi connectivity index (χ3n) is 5.68. The number of carbonyl (C=O) groups excluding carboxylic acids is 1. The minimum Gasteiger partial charge on any atom is -0.383 e. The fourth-order valence-corrected chi connectivity index (χ4v) is 3.93. The van der Waals surface area contributed by atoms with E-state index in [2.05, 4.69) is 20.5 Å². The standard InChI is InChI=1S/C20H39N5O3.HI/c1-24(2)18(26)15-22-19(21-9-12-27-3)23-16-20(7-5-4-6-8-20)17-25-10-13-28-14-11-25;/h4-17H2,1-3H3,(H2,21,22,23);1H. The first-order valence-electron chi connectivity index (χ1n) is 10.6. The van der Waals surface area contributed by atoms with E-state index in [0.29, 0.717) is 19.1 Å². The maximum atomic E-state index is 11.9. The van der Waals surface area contributed by atoms with E-state index in [1.807, 2.05) is 0 Å². The van der Waals surface area contributed by atoms with Crippen molar-refractivity contribution in [1.29, 1.82) is 0 Å². The van der Waals surface area contributed by atoms with Crippen molar-refractivity contribution in [2.24, 2.45) is 10.4 Å². The minimum atomic E-state index is -0.00598. The van der Waals surface area contributed by atoms with Gasteiger partial charge in [0.25, 0.3) is 0 Å². The van der Waals surface area contributed by atoms with E-state index in [4.69, 9.17) is 9.47 Å². The van der Waals surface area contributed by atoms with Crippen molar-refractivity contribution in [2.75, 3.05) is 80.3 Å². The molecular formula is C20H40IN5O3. The van der Waals surface area contributed by atoms with E-state index < -0.39 is 0 Å². The van der Waals surface area contributed by atoms with Crippen LogP contribution in [0, 0.1) is 5.41 Å². The van der Waals surface area contributed by atoms with Crippen molar-refractivity contribution >= 4 is 35.8 Å².